The molecule has 0 spiro atoms. The fourth-order valence-corrected chi connectivity index (χ4v) is 1.50. The van der Waals surface area contributed by atoms with Gasteiger partial charge in [-0.2, -0.15) is 0 Å². The van der Waals surface area contributed by atoms with Gasteiger partial charge in [0.05, 0.1) is 7.11 Å². The van der Waals surface area contributed by atoms with Crippen molar-refractivity contribution in [3.63, 3.8) is 0 Å². The monoisotopic (exact) mass is 234 g/mol. The van der Waals surface area contributed by atoms with Crippen molar-refractivity contribution in [3.05, 3.63) is 59.9 Å². The number of allylic oxidation sites excluding steroid dienone is 4. The average Bonchev–Trinajstić information content (AvgIpc) is 2.37. The van der Waals surface area contributed by atoms with Crippen LogP contribution in [-0.4, -0.2) is 25.8 Å². The Balaban J connectivity index is 3.16. The second-order valence-corrected chi connectivity index (χ2v) is 3.33. The second kappa shape index (κ2) is 6.48. The van der Waals surface area contributed by atoms with Crippen molar-refractivity contribution in [3.8, 4) is 0 Å². The van der Waals surface area contributed by atoms with E-state index in [0.717, 1.165) is 5.70 Å². The molecule has 1 rings (SSSR count). The molecule has 4 nitrogen and oxygen atoms in total. The van der Waals surface area contributed by atoms with Gasteiger partial charge in [0.15, 0.2) is 0 Å². The van der Waals surface area contributed by atoms with Crippen molar-refractivity contribution in [2.45, 2.75) is 0 Å². The molecule has 0 radical (unpaired) electrons. The Morgan fingerprint density at radius 1 is 1.65 bits per heavy atom. The van der Waals surface area contributed by atoms with Crippen LogP contribution in [0.15, 0.2) is 59.9 Å². The van der Waals surface area contributed by atoms with Gasteiger partial charge in [0.1, 0.15) is 22.9 Å². The molecule has 1 aliphatic heterocycles. The quantitative estimate of drug-likeness (QED) is 0.501. The van der Waals surface area contributed by atoms with E-state index in [1.165, 1.54) is 0 Å². The maximum atomic E-state index is 9.93. The smallest absolute Gasteiger partial charge is 0.143 e. The zero-order valence-electron chi connectivity index (χ0n) is 10.2. The number of ether oxygens (including phenoxy) is 1. The van der Waals surface area contributed by atoms with E-state index in [2.05, 4.69) is 17.2 Å². The van der Waals surface area contributed by atoms with Gasteiger partial charge in [-0.15, -0.1) is 0 Å². The molecule has 0 unspecified atom stereocenters. The summed E-state index contributed by atoms with van der Waals surface area (Å²) in [6.45, 7) is 4.26. The molecular weight excluding hydrogens is 216 g/mol. The third kappa shape index (κ3) is 3.17. The van der Waals surface area contributed by atoms with Crippen LogP contribution in [0.4, 0.5) is 0 Å². The summed E-state index contributed by atoms with van der Waals surface area (Å²) in [5.74, 6) is 0.805. The van der Waals surface area contributed by atoms with Gasteiger partial charge in [0.2, 0.25) is 0 Å². The molecule has 0 amide bonds. The maximum Gasteiger partial charge on any atom is 0.143 e. The van der Waals surface area contributed by atoms with Gasteiger partial charge < -0.3 is 20.5 Å². The van der Waals surface area contributed by atoms with Gasteiger partial charge in [-0.3, -0.25) is 0 Å². The van der Waals surface area contributed by atoms with Gasteiger partial charge in [-0.25, -0.2) is 0 Å². The highest BCUT2D eigenvalue weighted by Gasteiger charge is 2.15. The summed E-state index contributed by atoms with van der Waals surface area (Å²) < 4.78 is 5.24. The maximum absolute atomic E-state index is 9.93. The fraction of sp³-hybridized carbons (Fsp3) is 0.231. The highest BCUT2D eigenvalue weighted by molar-refractivity contribution is 5.41. The van der Waals surface area contributed by atoms with Crippen LogP contribution in [0.2, 0.25) is 0 Å². The fourth-order valence-electron chi connectivity index (χ4n) is 1.50. The third-order valence-corrected chi connectivity index (χ3v) is 2.28. The minimum atomic E-state index is 0.125. The Morgan fingerprint density at radius 3 is 3.00 bits per heavy atom. The SMILES string of the molecule is C=C/C=C\C(O)=C(/NC)C1=C(OC)C=CCN1. The van der Waals surface area contributed by atoms with E-state index in [-0.39, 0.29) is 5.76 Å². The van der Waals surface area contributed by atoms with Crippen LogP contribution in [-0.2, 0) is 4.74 Å². The van der Waals surface area contributed by atoms with Crippen LogP contribution in [0.25, 0.3) is 0 Å². The second-order valence-electron chi connectivity index (χ2n) is 3.33. The first-order chi connectivity index (χ1) is 8.24. The summed E-state index contributed by atoms with van der Waals surface area (Å²) in [7, 11) is 3.34. The summed E-state index contributed by atoms with van der Waals surface area (Å²) in [5.41, 5.74) is 1.33. The highest BCUT2D eigenvalue weighted by Crippen LogP contribution is 2.17. The molecule has 3 N–H and O–H groups in total. The molecule has 0 saturated carbocycles. The molecule has 0 saturated heterocycles. The molecule has 0 aromatic carbocycles. The standard InChI is InChI=1S/C13H18N2O2/c1-4-5-7-10(16)12(14-2)13-11(17-3)8-6-9-15-13/h4-8,14-16H,1,9H2,2-3H3/b7-5-,12-10+. The lowest BCUT2D eigenvalue weighted by atomic mass is 10.1. The van der Waals surface area contributed by atoms with Crippen molar-refractivity contribution < 1.29 is 9.84 Å². The lowest BCUT2D eigenvalue weighted by molar-refractivity contribution is 0.297. The summed E-state index contributed by atoms with van der Waals surface area (Å²) in [6.07, 6.45) is 8.65. The van der Waals surface area contributed by atoms with Crippen molar-refractivity contribution in [1.82, 2.24) is 10.6 Å². The van der Waals surface area contributed by atoms with Crippen LogP contribution < -0.4 is 10.6 Å². The zero-order chi connectivity index (χ0) is 12.7. The highest BCUT2D eigenvalue weighted by atomic mass is 16.5. The zero-order valence-corrected chi connectivity index (χ0v) is 10.2. The Bertz CT molecular complexity index is 404. The van der Waals surface area contributed by atoms with Gasteiger partial charge in [-0.1, -0.05) is 24.8 Å². The number of rotatable bonds is 5. The van der Waals surface area contributed by atoms with Gasteiger partial charge in [-0.05, 0) is 12.2 Å². The number of aliphatic hydroxyl groups is 1. The lowest BCUT2D eigenvalue weighted by Crippen LogP contribution is -2.26. The molecular formula is C13H18N2O2. The third-order valence-electron chi connectivity index (χ3n) is 2.28. The summed E-state index contributed by atoms with van der Waals surface area (Å²) in [5, 5.41) is 16.0. The number of aliphatic hydroxyl groups excluding tert-OH is 1. The minimum Gasteiger partial charge on any atom is -0.506 e. The molecule has 1 aliphatic rings. The molecule has 0 fully saturated rings. The van der Waals surface area contributed by atoms with Crippen LogP contribution in [0.1, 0.15) is 0 Å². The number of dihydropyridines is 1. The summed E-state index contributed by atoms with van der Waals surface area (Å²) in [6, 6.07) is 0. The Morgan fingerprint density at radius 2 is 2.41 bits per heavy atom. The molecule has 0 aromatic rings. The summed E-state index contributed by atoms with van der Waals surface area (Å²) >= 11 is 0. The first-order valence-electron chi connectivity index (χ1n) is 5.33. The molecule has 0 atom stereocenters. The first-order valence-corrected chi connectivity index (χ1v) is 5.33. The molecule has 0 aliphatic carbocycles. The van der Waals surface area contributed by atoms with E-state index in [4.69, 9.17) is 4.74 Å². The Labute approximate surface area is 102 Å². The van der Waals surface area contributed by atoms with Crippen LogP contribution in [0.5, 0.6) is 0 Å². The van der Waals surface area contributed by atoms with E-state index in [1.807, 2.05) is 12.2 Å². The van der Waals surface area contributed by atoms with Crippen molar-refractivity contribution in [2.75, 3.05) is 20.7 Å². The Hall–Kier alpha value is -2.10. The van der Waals surface area contributed by atoms with Crippen molar-refractivity contribution in [2.24, 2.45) is 0 Å². The number of likely N-dealkylation sites (N-methyl/N-ethyl adjacent to an activating group) is 1. The summed E-state index contributed by atoms with van der Waals surface area (Å²) in [4.78, 5) is 0. The normalized spacial score (nSPS) is 16.6. The lowest BCUT2D eigenvalue weighted by Gasteiger charge is -2.19. The molecule has 0 aromatic heterocycles. The number of hydrogen-bond donors (Lipinski definition) is 3. The molecule has 17 heavy (non-hydrogen) atoms. The van der Waals surface area contributed by atoms with Gasteiger partial charge >= 0.3 is 0 Å². The first kappa shape index (κ1) is 13.0. The van der Waals surface area contributed by atoms with Crippen molar-refractivity contribution in [1.29, 1.82) is 0 Å². The Kier molecular flexibility index (Phi) is 4.94. The van der Waals surface area contributed by atoms with Crippen LogP contribution in [0, 0.1) is 0 Å². The molecule has 0 bridgehead atoms. The van der Waals surface area contributed by atoms with E-state index >= 15 is 0 Å². The predicted molar refractivity (Wildman–Crippen MR) is 69.2 cm³/mol. The van der Waals surface area contributed by atoms with Crippen LogP contribution >= 0.6 is 0 Å². The molecule has 4 heteroatoms. The van der Waals surface area contributed by atoms with Gasteiger partial charge in [0, 0.05) is 13.6 Å². The van der Waals surface area contributed by atoms with E-state index in [1.54, 1.807) is 32.4 Å². The topological polar surface area (TPSA) is 53.5 Å². The molecule has 92 valence electrons. The molecule has 1 heterocycles. The van der Waals surface area contributed by atoms with E-state index in [0.29, 0.717) is 18.0 Å². The van der Waals surface area contributed by atoms with Crippen molar-refractivity contribution >= 4 is 0 Å². The predicted octanol–water partition coefficient (Wildman–Crippen LogP) is 1.73. The number of hydrogen-bond acceptors (Lipinski definition) is 4. The van der Waals surface area contributed by atoms with Crippen LogP contribution in [0.3, 0.4) is 0 Å². The number of nitrogens with one attached hydrogen (secondary N) is 2. The number of methoxy groups -OCH3 is 1. The average molecular weight is 234 g/mol. The van der Waals surface area contributed by atoms with E-state index in [9.17, 15) is 5.11 Å². The van der Waals surface area contributed by atoms with E-state index < -0.39 is 0 Å². The largest absolute Gasteiger partial charge is 0.506 e. The van der Waals surface area contributed by atoms with Gasteiger partial charge in [0.25, 0.3) is 0 Å². The minimum absolute atomic E-state index is 0.125.